The van der Waals surface area contributed by atoms with E-state index in [0.29, 0.717) is 0 Å². The van der Waals surface area contributed by atoms with Crippen LogP contribution >= 0.6 is 0 Å². The zero-order valence-corrected chi connectivity index (χ0v) is 12.6. The van der Waals surface area contributed by atoms with Gasteiger partial charge in [0.25, 0.3) is 21.4 Å². The molecule has 120 valence electrons. The predicted octanol–water partition coefficient (Wildman–Crippen LogP) is 2.33. The summed E-state index contributed by atoms with van der Waals surface area (Å²) in [7, 11) is -2.90. The first-order chi connectivity index (χ1) is 10.7. The molecule has 0 heterocycles. The van der Waals surface area contributed by atoms with Crippen LogP contribution in [0.3, 0.4) is 0 Å². The van der Waals surface area contributed by atoms with Crippen molar-refractivity contribution in [3.8, 4) is 0 Å². The van der Waals surface area contributed by atoms with Gasteiger partial charge >= 0.3 is 0 Å². The minimum atomic E-state index is -4.08. The second kappa shape index (κ2) is 6.01. The third-order valence-corrected chi connectivity index (χ3v) is 4.91. The standard InChI is InChI=1S/C13H11N3O6S/c1-14(12-4-2-3-5-13(12)16(19)20)23(21,22)11-8-6-10(7-9-11)15(17)18/h2-9H,1H3. The van der Waals surface area contributed by atoms with Crippen molar-refractivity contribution in [3.05, 3.63) is 68.8 Å². The van der Waals surface area contributed by atoms with E-state index in [4.69, 9.17) is 0 Å². The molecule has 0 aliphatic rings. The Morgan fingerprint density at radius 2 is 1.48 bits per heavy atom. The molecule has 0 aromatic heterocycles. The summed E-state index contributed by atoms with van der Waals surface area (Å²) in [5.41, 5.74) is -0.714. The van der Waals surface area contributed by atoms with Gasteiger partial charge in [0.15, 0.2) is 0 Å². The van der Waals surface area contributed by atoms with Crippen molar-refractivity contribution in [2.24, 2.45) is 0 Å². The van der Waals surface area contributed by atoms with E-state index in [0.717, 1.165) is 28.6 Å². The highest BCUT2D eigenvalue weighted by Gasteiger charge is 2.27. The lowest BCUT2D eigenvalue weighted by molar-refractivity contribution is -0.384. The number of para-hydroxylation sites is 2. The lowest BCUT2D eigenvalue weighted by Crippen LogP contribution is -2.27. The highest BCUT2D eigenvalue weighted by Crippen LogP contribution is 2.31. The van der Waals surface area contributed by atoms with Crippen LogP contribution in [-0.2, 0) is 10.0 Å². The first-order valence-electron chi connectivity index (χ1n) is 6.22. The van der Waals surface area contributed by atoms with Gasteiger partial charge in [0.05, 0.1) is 14.7 Å². The van der Waals surface area contributed by atoms with Gasteiger partial charge in [-0.1, -0.05) is 12.1 Å². The number of nitrogens with zero attached hydrogens (tertiary/aromatic N) is 3. The summed E-state index contributed by atoms with van der Waals surface area (Å²) >= 11 is 0. The Labute approximate surface area is 131 Å². The van der Waals surface area contributed by atoms with E-state index in [1.807, 2.05) is 0 Å². The van der Waals surface area contributed by atoms with E-state index in [-0.39, 0.29) is 22.0 Å². The summed E-state index contributed by atoms with van der Waals surface area (Å²) in [6.45, 7) is 0. The van der Waals surface area contributed by atoms with Crippen LogP contribution in [0.15, 0.2) is 53.4 Å². The lowest BCUT2D eigenvalue weighted by atomic mass is 10.3. The molecule has 0 saturated heterocycles. The Hall–Kier alpha value is -3.01. The minimum absolute atomic E-state index is 0.101. The molecule has 2 aromatic carbocycles. The van der Waals surface area contributed by atoms with Crippen molar-refractivity contribution >= 4 is 27.1 Å². The topological polar surface area (TPSA) is 124 Å². The Bertz CT molecular complexity index is 864. The van der Waals surface area contributed by atoms with Crippen LogP contribution in [0.5, 0.6) is 0 Å². The number of anilines is 1. The van der Waals surface area contributed by atoms with Gasteiger partial charge in [-0.2, -0.15) is 0 Å². The molecule has 0 amide bonds. The normalized spacial score (nSPS) is 11.0. The third kappa shape index (κ3) is 3.11. The molecule has 0 aliphatic heterocycles. The molecule has 9 nitrogen and oxygen atoms in total. The van der Waals surface area contributed by atoms with Crippen LogP contribution in [0, 0.1) is 20.2 Å². The van der Waals surface area contributed by atoms with Gasteiger partial charge in [-0.05, 0) is 18.2 Å². The first kappa shape index (κ1) is 16.4. The van der Waals surface area contributed by atoms with Crippen molar-refractivity contribution in [2.75, 3.05) is 11.4 Å². The highest BCUT2D eigenvalue weighted by molar-refractivity contribution is 7.92. The smallest absolute Gasteiger partial charge is 0.262 e. The quantitative estimate of drug-likeness (QED) is 0.609. The lowest BCUT2D eigenvalue weighted by Gasteiger charge is -2.19. The molecule has 0 aliphatic carbocycles. The monoisotopic (exact) mass is 337 g/mol. The zero-order chi connectivity index (χ0) is 17.2. The first-order valence-corrected chi connectivity index (χ1v) is 7.66. The molecule has 10 heteroatoms. The molecule has 0 atom stereocenters. The average Bonchev–Trinajstić information content (AvgIpc) is 2.54. The Morgan fingerprint density at radius 1 is 0.913 bits per heavy atom. The molecule has 2 aromatic rings. The van der Waals surface area contributed by atoms with E-state index in [2.05, 4.69) is 0 Å². The summed E-state index contributed by atoms with van der Waals surface area (Å²) in [6, 6.07) is 9.67. The number of benzene rings is 2. The number of sulfonamides is 1. The molecule has 0 N–H and O–H groups in total. The van der Waals surface area contributed by atoms with Crippen LogP contribution in [0.4, 0.5) is 17.1 Å². The number of hydrogen-bond acceptors (Lipinski definition) is 6. The fourth-order valence-corrected chi connectivity index (χ4v) is 3.12. The molecule has 0 bridgehead atoms. The number of nitro benzene ring substituents is 2. The molecule has 23 heavy (non-hydrogen) atoms. The van der Waals surface area contributed by atoms with E-state index >= 15 is 0 Å². The maximum absolute atomic E-state index is 12.5. The van der Waals surface area contributed by atoms with Crippen LogP contribution < -0.4 is 4.31 Å². The van der Waals surface area contributed by atoms with Crippen molar-refractivity contribution < 1.29 is 18.3 Å². The second-order valence-corrected chi connectivity index (χ2v) is 6.44. The maximum Gasteiger partial charge on any atom is 0.293 e. The van der Waals surface area contributed by atoms with Crippen molar-refractivity contribution in [2.45, 2.75) is 4.90 Å². The van der Waals surface area contributed by atoms with Gasteiger partial charge in [-0.3, -0.25) is 24.5 Å². The molecule has 0 fully saturated rings. The highest BCUT2D eigenvalue weighted by atomic mass is 32.2. The molecule has 2 rings (SSSR count). The fourth-order valence-electron chi connectivity index (χ4n) is 1.91. The van der Waals surface area contributed by atoms with Crippen molar-refractivity contribution in [1.82, 2.24) is 0 Å². The van der Waals surface area contributed by atoms with Crippen LogP contribution in [0.25, 0.3) is 0 Å². The zero-order valence-electron chi connectivity index (χ0n) is 11.8. The summed E-state index contributed by atoms with van der Waals surface area (Å²) in [5, 5.41) is 21.6. The van der Waals surface area contributed by atoms with Gasteiger partial charge in [-0.25, -0.2) is 8.42 Å². The molecule has 0 unspecified atom stereocenters. The predicted molar refractivity (Wildman–Crippen MR) is 81.8 cm³/mol. The Balaban J connectivity index is 2.47. The number of hydrogen-bond donors (Lipinski definition) is 0. The van der Waals surface area contributed by atoms with E-state index < -0.39 is 19.9 Å². The molecular weight excluding hydrogens is 326 g/mol. The van der Waals surface area contributed by atoms with E-state index in [1.54, 1.807) is 0 Å². The van der Waals surface area contributed by atoms with Gasteiger partial charge in [-0.15, -0.1) is 0 Å². The molecule has 0 spiro atoms. The van der Waals surface area contributed by atoms with Crippen molar-refractivity contribution in [1.29, 1.82) is 0 Å². The second-order valence-electron chi connectivity index (χ2n) is 4.47. The van der Waals surface area contributed by atoms with Crippen LogP contribution in [0.1, 0.15) is 0 Å². The summed E-state index contributed by atoms with van der Waals surface area (Å²) in [4.78, 5) is 20.1. The van der Waals surface area contributed by atoms with Crippen molar-refractivity contribution in [3.63, 3.8) is 0 Å². The SMILES string of the molecule is CN(c1ccccc1[N+](=O)[O-])S(=O)(=O)c1ccc([N+](=O)[O-])cc1. The van der Waals surface area contributed by atoms with Gasteiger partial charge in [0.1, 0.15) is 5.69 Å². The van der Waals surface area contributed by atoms with Gasteiger partial charge in [0, 0.05) is 25.2 Å². The number of non-ortho nitro benzene ring substituents is 1. The molecule has 0 radical (unpaired) electrons. The van der Waals surface area contributed by atoms with Crippen LogP contribution in [-0.4, -0.2) is 25.3 Å². The van der Waals surface area contributed by atoms with Gasteiger partial charge in [0.2, 0.25) is 0 Å². The summed E-state index contributed by atoms with van der Waals surface area (Å²) in [6.07, 6.45) is 0. The third-order valence-electron chi connectivity index (χ3n) is 3.12. The average molecular weight is 337 g/mol. The number of nitro groups is 2. The maximum atomic E-state index is 12.5. The largest absolute Gasteiger partial charge is 0.293 e. The minimum Gasteiger partial charge on any atom is -0.262 e. The number of rotatable bonds is 5. The Morgan fingerprint density at radius 3 is 2.00 bits per heavy atom. The van der Waals surface area contributed by atoms with Gasteiger partial charge < -0.3 is 0 Å². The van der Waals surface area contributed by atoms with E-state index in [9.17, 15) is 28.6 Å². The Kier molecular flexibility index (Phi) is 4.27. The summed E-state index contributed by atoms with van der Waals surface area (Å²) in [5.74, 6) is 0. The summed E-state index contributed by atoms with van der Waals surface area (Å²) < 4.78 is 25.8. The fraction of sp³-hybridized carbons (Fsp3) is 0.0769. The molecule has 0 saturated carbocycles. The van der Waals surface area contributed by atoms with E-state index in [1.165, 1.54) is 31.3 Å². The molecular formula is C13H11N3O6S. The van der Waals surface area contributed by atoms with Crippen LogP contribution in [0.2, 0.25) is 0 Å².